The zero-order valence-corrected chi connectivity index (χ0v) is 38.0. The number of ether oxygens (including phenoxy) is 6. The largest absolute Gasteiger partial charge is 0.465 e. The second-order valence-electron chi connectivity index (χ2n) is 23.3. The fraction of sp³-hybridized carbons (Fsp3) is 0.875. The Labute approximate surface area is 372 Å². The SMILES string of the molecule is CC(=O)OCC1(C)C(OC(C)=O)CCC23COC(O)(C(O)C12)C12CC(CCC31)C1(CCC13C(=O)C14CC3CCC1C13CCC(OC(C)=O)C(C)(OC(C)=O)C1(C)C(O)C4(O)OC3)C2=O. The second kappa shape index (κ2) is 12.5. The summed E-state index contributed by atoms with van der Waals surface area (Å²) < 4.78 is 36.5. The molecule has 6 spiro atoms. The summed E-state index contributed by atoms with van der Waals surface area (Å²) in [6.45, 7) is 10.1. The standard InChI is InChI=1S/C48H64O16/c1-23(49)59-20-38(5)31(62-24(2)50)12-14-41-21-60-47(57,34(53)33(38)41)45-18-27(8-10-29(41)45)43(36(45)55)16-17-44(43)28-9-11-30-42-15-13-32(63-25(3)51)40(7,64-26(4)52)39(42,6)35(54)48(58,61-22-42)46(30,19-28)37(44)56/h27-35,53-54,57-58H,8-22H2,1-7H3. The molecule has 4 heterocycles. The average molecular weight is 897 g/mol. The molecule has 20 atom stereocenters. The van der Waals surface area contributed by atoms with E-state index in [9.17, 15) is 39.6 Å². The van der Waals surface area contributed by atoms with E-state index in [0.717, 1.165) is 0 Å². The van der Waals surface area contributed by atoms with Crippen LogP contribution in [0.4, 0.5) is 0 Å². The van der Waals surface area contributed by atoms with Crippen molar-refractivity contribution in [3.8, 4) is 0 Å². The minimum absolute atomic E-state index is 0.0320. The molecule has 4 aliphatic heterocycles. The van der Waals surface area contributed by atoms with Gasteiger partial charge in [0.2, 0.25) is 11.6 Å². The van der Waals surface area contributed by atoms with Crippen LogP contribution in [0.5, 0.6) is 0 Å². The number of rotatable bonds is 5. The molecule has 16 heteroatoms. The Morgan fingerprint density at radius 2 is 1.19 bits per heavy atom. The summed E-state index contributed by atoms with van der Waals surface area (Å²) in [6.07, 6.45) is -0.491. The third kappa shape index (κ3) is 4.10. The molecule has 16 nitrogen and oxygen atoms in total. The summed E-state index contributed by atoms with van der Waals surface area (Å²) in [7, 11) is 0. The number of ketones is 2. The van der Waals surface area contributed by atoms with Gasteiger partial charge in [-0.25, -0.2) is 0 Å². The van der Waals surface area contributed by atoms with Gasteiger partial charge in [-0.15, -0.1) is 0 Å². The predicted octanol–water partition coefficient (Wildman–Crippen LogP) is 2.85. The summed E-state index contributed by atoms with van der Waals surface area (Å²) in [5.41, 5.74) is -11.8. The maximum absolute atomic E-state index is 16.4. The minimum Gasteiger partial charge on any atom is -0.465 e. The van der Waals surface area contributed by atoms with E-state index in [4.69, 9.17) is 28.4 Å². The molecule has 20 unspecified atom stereocenters. The van der Waals surface area contributed by atoms with Gasteiger partial charge >= 0.3 is 23.9 Å². The van der Waals surface area contributed by atoms with E-state index < -0.39 is 127 Å². The molecule has 13 fully saturated rings. The van der Waals surface area contributed by atoms with Crippen molar-refractivity contribution in [3.63, 3.8) is 0 Å². The topological polar surface area (TPSA) is 239 Å². The molecule has 4 N–H and O–H groups in total. The maximum atomic E-state index is 16.4. The third-order valence-electron chi connectivity index (χ3n) is 22.1. The number of Topliss-reactive ketones (excluding diaryl/α,β-unsaturated/α-hetero) is 2. The van der Waals surface area contributed by atoms with E-state index in [1.807, 2.05) is 6.92 Å². The molecule has 9 saturated carbocycles. The first-order chi connectivity index (χ1) is 29.9. The Hall–Kier alpha value is -3.02. The molecular formula is C48H64O16. The van der Waals surface area contributed by atoms with Crippen molar-refractivity contribution in [3.05, 3.63) is 0 Å². The summed E-state index contributed by atoms with van der Waals surface area (Å²) in [5.74, 6) is -10.2. The lowest BCUT2D eigenvalue weighted by Gasteiger charge is -2.77. The second-order valence-corrected chi connectivity index (χ2v) is 23.3. The van der Waals surface area contributed by atoms with Crippen LogP contribution in [0.25, 0.3) is 0 Å². The van der Waals surface area contributed by atoms with Gasteiger partial charge in [0, 0.05) is 60.7 Å². The van der Waals surface area contributed by atoms with Crippen molar-refractivity contribution in [1.82, 2.24) is 0 Å². The molecule has 0 amide bonds. The van der Waals surface area contributed by atoms with Crippen LogP contribution in [0.1, 0.15) is 126 Å². The van der Waals surface area contributed by atoms with Gasteiger partial charge in [0.15, 0.2) is 17.2 Å². The summed E-state index contributed by atoms with van der Waals surface area (Å²) >= 11 is 0. The Balaban J connectivity index is 1.01. The highest BCUT2D eigenvalue weighted by molar-refractivity contribution is 6.07. The minimum atomic E-state index is -2.46. The number of aliphatic hydroxyl groups is 4. The van der Waals surface area contributed by atoms with Gasteiger partial charge < -0.3 is 48.8 Å². The number of hydrogen-bond donors (Lipinski definition) is 4. The first kappa shape index (κ1) is 43.5. The molecule has 0 aromatic rings. The van der Waals surface area contributed by atoms with Crippen LogP contribution in [0.3, 0.4) is 0 Å². The summed E-state index contributed by atoms with van der Waals surface area (Å²) in [5, 5.41) is 52.2. The molecule has 0 aromatic heterocycles. The van der Waals surface area contributed by atoms with E-state index >= 15 is 9.59 Å². The van der Waals surface area contributed by atoms with Crippen molar-refractivity contribution >= 4 is 35.4 Å². The molecule has 13 rings (SSSR count). The van der Waals surface area contributed by atoms with Crippen LogP contribution in [0, 0.1) is 72.9 Å². The molecule has 4 saturated heterocycles. The number of fused-ring (bicyclic) bond motifs is 7. The molecular weight excluding hydrogens is 833 g/mol. The van der Waals surface area contributed by atoms with Gasteiger partial charge in [-0.05, 0) is 108 Å². The fourth-order valence-electron chi connectivity index (χ4n) is 20.0. The molecule has 352 valence electrons. The quantitative estimate of drug-likeness (QED) is 0.229. The fourth-order valence-corrected chi connectivity index (χ4v) is 20.0. The first-order valence-corrected chi connectivity index (χ1v) is 23.7. The number of carbonyl (C=O) groups is 6. The highest BCUT2D eigenvalue weighted by Crippen LogP contribution is 2.89. The Bertz CT molecular complexity index is 2200. The van der Waals surface area contributed by atoms with Crippen LogP contribution < -0.4 is 0 Å². The van der Waals surface area contributed by atoms with Gasteiger partial charge in [0.1, 0.15) is 31.0 Å². The zero-order chi connectivity index (χ0) is 46.0. The zero-order valence-electron chi connectivity index (χ0n) is 38.0. The van der Waals surface area contributed by atoms with Gasteiger partial charge in [0.05, 0.1) is 29.5 Å². The number of carbonyl (C=O) groups excluding carboxylic acids is 6. The van der Waals surface area contributed by atoms with Gasteiger partial charge in [-0.3, -0.25) is 28.8 Å². The molecule has 0 radical (unpaired) electrons. The van der Waals surface area contributed by atoms with Crippen LogP contribution in [0.15, 0.2) is 0 Å². The van der Waals surface area contributed by atoms with Crippen molar-refractivity contribution in [2.24, 2.45) is 72.9 Å². The van der Waals surface area contributed by atoms with Crippen molar-refractivity contribution < 1.29 is 77.6 Å². The van der Waals surface area contributed by atoms with Gasteiger partial charge in [0.25, 0.3) is 0 Å². The lowest BCUT2D eigenvalue weighted by molar-refractivity contribution is -0.471. The maximum Gasteiger partial charge on any atom is 0.303 e. The smallest absolute Gasteiger partial charge is 0.303 e. The van der Waals surface area contributed by atoms with E-state index in [2.05, 4.69) is 0 Å². The molecule has 0 aromatic carbocycles. The van der Waals surface area contributed by atoms with Gasteiger partial charge in [-0.2, -0.15) is 0 Å². The number of esters is 4. The Morgan fingerprint density at radius 3 is 1.75 bits per heavy atom. The van der Waals surface area contributed by atoms with Crippen LogP contribution in [-0.2, 0) is 57.2 Å². The van der Waals surface area contributed by atoms with E-state index in [-0.39, 0.29) is 62.5 Å². The molecule has 64 heavy (non-hydrogen) atoms. The highest BCUT2D eigenvalue weighted by atomic mass is 16.7. The number of hydrogen-bond acceptors (Lipinski definition) is 16. The molecule has 8 bridgehead atoms. The van der Waals surface area contributed by atoms with Crippen LogP contribution in [-0.4, -0.2) is 117 Å². The van der Waals surface area contributed by atoms with Gasteiger partial charge in [-0.1, -0.05) is 13.8 Å². The predicted molar refractivity (Wildman–Crippen MR) is 215 cm³/mol. The van der Waals surface area contributed by atoms with Crippen molar-refractivity contribution in [1.29, 1.82) is 0 Å². The van der Waals surface area contributed by atoms with Crippen molar-refractivity contribution in [2.45, 2.75) is 167 Å². The van der Waals surface area contributed by atoms with E-state index in [0.29, 0.717) is 57.8 Å². The summed E-state index contributed by atoms with van der Waals surface area (Å²) in [6, 6.07) is 0. The van der Waals surface area contributed by atoms with Crippen LogP contribution >= 0.6 is 0 Å². The van der Waals surface area contributed by atoms with Crippen molar-refractivity contribution in [2.75, 3.05) is 19.8 Å². The molecule has 13 aliphatic rings. The average Bonchev–Trinajstić information content (AvgIpc) is 3.55. The lowest BCUT2D eigenvalue weighted by Crippen LogP contribution is -2.88. The number of aliphatic hydroxyl groups excluding tert-OH is 2. The third-order valence-corrected chi connectivity index (χ3v) is 22.1. The highest BCUT2D eigenvalue weighted by Gasteiger charge is 2.96. The molecule has 9 aliphatic carbocycles. The normalized spacial score (nSPS) is 57.8. The first-order valence-electron chi connectivity index (χ1n) is 23.7. The lowest BCUT2D eigenvalue weighted by atomic mass is 9.32. The Kier molecular flexibility index (Phi) is 8.53. The van der Waals surface area contributed by atoms with Crippen LogP contribution in [0.2, 0.25) is 0 Å². The van der Waals surface area contributed by atoms with E-state index in [1.165, 1.54) is 27.7 Å². The Morgan fingerprint density at radius 1 is 0.641 bits per heavy atom. The van der Waals surface area contributed by atoms with E-state index in [1.54, 1.807) is 13.8 Å². The summed E-state index contributed by atoms with van der Waals surface area (Å²) in [4.78, 5) is 83.0. The monoisotopic (exact) mass is 896 g/mol.